The molecule has 82 valence electrons. The third-order valence-corrected chi connectivity index (χ3v) is 2.46. The van der Waals surface area contributed by atoms with Crippen molar-refractivity contribution in [2.45, 2.75) is 26.4 Å². The number of ether oxygens (including phenoxy) is 1. The Bertz CT molecular complexity index is 336. The topological polar surface area (TPSA) is 33.3 Å². The van der Waals surface area contributed by atoms with Gasteiger partial charge in [-0.05, 0) is 6.07 Å². The molecule has 3 heteroatoms. The van der Waals surface area contributed by atoms with Crippen molar-refractivity contribution < 1.29 is 4.74 Å². The van der Waals surface area contributed by atoms with Crippen LogP contribution in [-0.4, -0.2) is 19.2 Å². The summed E-state index contributed by atoms with van der Waals surface area (Å²) in [4.78, 5) is 0. The Hall–Kier alpha value is -1.22. The number of fused-ring (bicyclic) bond motifs is 1. The molecule has 0 radical (unpaired) electrons. The molecule has 0 atom stereocenters. The second-order valence-corrected chi connectivity index (χ2v) is 4.10. The molecule has 2 N–H and O–H groups in total. The number of rotatable bonds is 3. The van der Waals surface area contributed by atoms with Crippen molar-refractivity contribution in [3.63, 3.8) is 0 Å². The molecular formula is C12H18N2O. The maximum Gasteiger partial charge on any atom is 0.146 e. The lowest BCUT2D eigenvalue weighted by Gasteiger charge is -2.22. The van der Waals surface area contributed by atoms with Crippen molar-refractivity contribution in [3.8, 4) is 5.75 Å². The molecule has 1 heterocycles. The third-order valence-electron chi connectivity index (χ3n) is 2.46. The fraction of sp³-hybridized carbons (Fsp3) is 0.500. The molecule has 0 saturated carbocycles. The second-order valence-electron chi connectivity index (χ2n) is 4.10. The van der Waals surface area contributed by atoms with Crippen LogP contribution < -0.4 is 15.4 Å². The first-order valence-electron chi connectivity index (χ1n) is 5.49. The zero-order chi connectivity index (χ0) is 10.7. The SMILES string of the molecule is CC(C)NCc1cccc2c1OCCN2. The van der Waals surface area contributed by atoms with Gasteiger partial charge in [-0.1, -0.05) is 26.0 Å². The van der Waals surface area contributed by atoms with Crippen LogP contribution in [0.4, 0.5) is 5.69 Å². The lowest BCUT2D eigenvalue weighted by atomic mass is 10.1. The molecule has 15 heavy (non-hydrogen) atoms. The highest BCUT2D eigenvalue weighted by molar-refractivity contribution is 5.61. The molecule has 0 amide bonds. The van der Waals surface area contributed by atoms with Crippen LogP contribution in [0.15, 0.2) is 18.2 Å². The molecule has 0 aliphatic carbocycles. The minimum atomic E-state index is 0.498. The maximum absolute atomic E-state index is 5.68. The highest BCUT2D eigenvalue weighted by atomic mass is 16.5. The summed E-state index contributed by atoms with van der Waals surface area (Å²) in [5, 5.41) is 6.74. The van der Waals surface area contributed by atoms with Crippen LogP contribution in [-0.2, 0) is 6.54 Å². The molecule has 1 aromatic rings. The Balaban J connectivity index is 2.16. The van der Waals surface area contributed by atoms with Gasteiger partial charge in [-0.2, -0.15) is 0 Å². The van der Waals surface area contributed by atoms with Crippen molar-refractivity contribution in [2.24, 2.45) is 0 Å². The van der Waals surface area contributed by atoms with Gasteiger partial charge >= 0.3 is 0 Å². The van der Waals surface area contributed by atoms with E-state index >= 15 is 0 Å². The first kappa shape index (κ1) is 10.3. The van der Waals surface area contributed by atoms with Crippen molar-refractivity contribution in [1.82, 2.24) is 5.32 Å². The minimum Gasteiger partial charge on any atom is -0.489 e. The molecule has 0 aromatic heterocycles. The summed E-state index contributed by atoms with van der Waals surface area (Å²) in [6.07, 6.45) is 0. The summed E-state index contributed by atoms with van der Waals surface area (Å²) < 4.78 is 5.68. The van der Waals surface area contributed by atoms with Crippen molar-refractivity contribution in [2.75, 3.05) is 18.5 Å². The van der Waals surface area contributed by atoms with Gasteiger partial charge < -0.3 is 15.4 Å². The number of hydrogen-bond donors (Lipinski definition) is 2. The molecule has 1 aliphatic heterocycles. The Morgan fingerprint density at radius 3 is 3.13 bits per heavy atom. The first-order valence-corrected chi connectivity index (χ1v) is 5.49. The molecular weight excluding hydrogens is 188 g/mol. The van der Waals surface area contributed by atoms with Gasteiger partial charge in [0.25, 0.3) is 0 Å². The molecule has 0 bridgehead atoms. The van der Waals surface area contributed by atoms with E-state index in [2.05, 4.69) is 42.7 Å². The van der Waals surface area contributed by atoms with E-state index < -0.39 is 0 Å². The quantitative estimate of drug-likeness (QED) is 0.793. The van der Waals surface area contributed by atoms with E-state index in [9.17, 15) is 0 Å². The number of nitrogens with one attached hydrogen (secondary N) is 2. The monoisotopic (exact) mass is 206 g/mol. The molecule has 1 aliphatic rings. The minimum absolute atomic E-state index is 0.498. The van der Waals surface area contributed by atoms with Gasteiger partial charge in [0.1, 0.15) is 12.4 Å². The lowest BCUT2D eigenvalue weighted by molar-refractivity contribution is 0.318. The second kappa shape index (κ2) is 4.53. The number of anilines is 1. The lowest BCUT2D eigenvalue weighted by Crippen LogP contribution is -2.24. The summed E-state index contributed by atoms with van der Waals surface area (Å²) in [7, 11) is 0. The van der Waals surface area contributed by atoms with Gasteiger partial charge in [0.05, 0.1) is 5.69 Å². The van der Waals surface area contributed by atoms with Crippen LogP contribution >= 0.6 is 0 Å². The summed E-state index contributed by atoms with van der Waals surface area (Å²) in [6.45, 7) is 6.81. The predicted molar refractivity (Wildman–Crippen MR) is 62.4 cm³/mol. The van der Waals surface area contributed by atoms with Gasteiger partial charge in [0.15, 0.2) is 0 Å². The smallest absolute Gasteiger partial charge is 0.146 e. The Morgan fingerprint density at radius 1 is 1.47 bits per heavy atom. The average molecular weight is 206 g/mol. The molecule has 0 unspecified atom stereocenters. The predicted octanol–water partition coefficient (Wildman–Crippen LogP) is 1.99. The van der Waals surface area contributed by atoms with Crippen LogP contribution in [0.5, 0.6) is 5.75 Å². The van der Waals surface area contributed by atoms with Gasteiger partial charge in [0, 0.05) is 24.7 Å². The zero-order valence-corrected chi connectivity index (χ0v) is 9.34. The van der Waals surface area contributed by atoms with E-state index in [0.29, 0.717) is 6.04 Å². The maximum atomic E-state index is 5.68. The van der Waals surface area contributed by atoms with Crippen LogP contribution in [0.2, 0.25) is 0 Å². The van der Waals surface area contributed by atoms with Crippen LogP contribution in [0.3, 0.4) is 0 Å². The highest BCUT2D eigenvalue weighted by Gasteiger charge is 2.13. The molecule has 2 rings (SSSR count). The molecule has 3 nitrogen and oxygen atoms in total. The number of para-hydroxylation sites is 1. The van der Waals surface area contributed by atoms with E-state index in [0.717, 1.165) is 31.1 Å². The van der Waals surface area contributed by atoms with Crippen molar-refractivity contribution in [3.05, 3.63) is 23.8 Å². The van der Waals surface area contributed by atoms with Crippen LogP contribution in [0.1, 0.15) is 19.4 Å². The first-order chi connectivity index (χ1) is 7.27. The van der Waals surface area contributed by atoms with Gasteiger partial charge in [-0.3, -0.25) is 0 Å². The standard InChI is InChI=1S/C12H18N2O/c1-9(2)14-8-10-4-3-5-11-12(10)15-7-6-13-11/h3-5,9,13-14H,6-8H2,1-2H3. The van der Waals surface area contributed by atoms with Crippen LogP contribution in [0.25, 0.3) is 0 Å². The summed E-state index contributed by atoms with van der Waals surface area (Å²) in [5.41, 5.74) is 2.35. The molecule has 1 aromatic carbocycles. The molecule has 0 spiro atoms. The number of benzene rings is 1. The summed E-state index contributed by atoms with van der Waals surface area (Å²) >= 11 is 0. The summed E-state index contributed by atoms with van der Waals surface area (Å²) in [6, 6.07) is 6.74. The van der Waals surface area contributed by atoms with Gasteiger partial charge in [0.2, 0.25) is 0 Å². The van der Waals surface area contributed by atoms with Gasteiger partial charge in [-0.25, -0.2) is 0 Å². The normalized spacial score (nSPS) is 14.3. The molecule has 0 fully saturated rings. The summed E-state index contributed by atoms with van der Waals surface area (Å²) in [5.74, 6) is 1.01. The number of hydrogen-bond acceptors (Lipinski definition) is 3. The Kier molecular flexibility index (Phi) is 3.11. The van der Waals surface area contributed by atoms with Crippen molar-refractivity contribution >= 4 is 5.69 Å². The fourth-order valence-corrected chi connectivity index (χ4v) is 1.69. The van der Waals surface area contributed by atoms with E-state index in [1.165, 1.54) is 5.56 Å². The average Bonchev–Trinajstić information content (AvgIpc) is 2.26. The Labute approximate surface area is 90.8 Å². The zero-order valence-electron chi connectivity index (χ0n) is 9.34. The van der Waals surface area contributed by atoms with Gasteiger partial charge in [-0.15, -0.1) is 0 Å². The third kappa shape index (κ3) is 2.42. The fourth-order valence-electron chi connectivity index (χ4n) is 1.69. The van der Waals surface area contributed by atoms with E-state index in [1.807, 2.05) is 0 Å². The van der Waals surface area contributed by atoms with E-state index in [1.54, 1.807) is 0 Å². The highest BCUT2D eigenvalue weighted by Crippen LogP contribution is 2.30. The van der Waals surface area contributed by atoms with Crippen molar-refractivity contribution in [1.29, 1.82) is 0 Å². The Morgan fingerprint density at radius 2 is 2.33 bits per heavy atom. The van der Waals surface area contributed by atoms with E-state index in [-0.39, 0.29) is 0 Å². The largest absolute Gasteiger partial charge is 0.489 e. The van der Waals surface area contributed by atoms with Crippen LogP contribution in [0, 0.1) is 0 Å². The van der Waals surface area contributed by atoms with E-state index in [4.69, 9.17) is 4.74 Å². The molecule has 0 saturated heterocycles.